The van der Waals surface area contributed by atoms with Crippen molar-refractivity contribution in [2.24, 2.45) is 0 Å². The molecular formula is C16H31NO4Si. The standard InChI is InChI=1S/C16H31NO4Si/c1-15(2,3)20-14(19)17-10-13(9-12(17)11-18)21-22(7,8)16(4,5)6/h11-13H,9-10H2,1-8H3/t12-,13?/m1/s1. The van der Waals surface area contributed by atoms with Crippen LogP contribution in [0.3, 0.4) is 0 Å². The van der Waals surface area contributed by atoms with E-state index in [9.17, 15) is 9.59 Å². The van der Waals surface area contributed by atoms with E-state index in [1.54, 1.807) is 0 Å². The highest BCUT2D eigenvalue weighted by molar-refractivity contribution is 6.74. The van der Waals surface area contributed by atoms with Crippen LogP contribution in [0, 0.1) is 0 Å². The number of carbonyl (C=O) groups excluding carboxylic acids is 2. The Labute approximate surface area is 135 Å². The van der Waals surface area contributed by atoms with Crippen LogP contribution < -0.4 is 0 Å². The summed E-state index contributed by atoms with van der Waals surface area (Å²) in [7, 11) is -1.92. The van der Waals surface area contributed by atoms with Gasteiger partial charge >= 0.3 is 6.09 Å². The Bertz CT molecular complexity index is 423. The van der Waals surface area contributed by atoms with Crippen molar-refractivity contribution in [3.8, 4) is 0 Å². The molecule has 0 bridgehead atoms. The van der Waals surface area contributed by atoms with Crippen LogP contribution in [0.2, 0.25) is 18.1 Å². The molecule has 1 heterocycles. The summed E-state index contributed by atoms with van der Waals surface area (Å²) in [6.07, 6.45) is 0.836. The van der Waals surface area contributed by atoms with E-state index in [1.165, 1.54) is 4.90 Å². The highest BCUT2D eigenvalue weighted by Gasteiger charge is 2.44. The second-order valence-corrected chi connectivity index (χ2v) is 13.3. The minimum Gasteiger partial charge on any atom is -0.444 e. The summed E-state index contributed by atoms with van der Waals surface area (Å²) < 4.78 is 11.7. The molecule has 0 aromatic heterocycles. The van der Waals surface area contributed by atoms with Crippen LogP contribution in [-0.4, -0.2) is 49.9 Å². The first-order valence-electron chi connectivity index (χ1n) is 7.89. The zero-order chi connectivity index (χ0) is 17.3. The molecule has 1 fully saturated rings. The molecule has 0 saturated carbocycles. The van der Waals surface area contributed by atoms with Gasteiger partial charge in [0.15, 0.2) is 8.32 Å². The number of hydrogen-bond donors (Lipinski definition) is 0. The molecule has 0 aromatic rings. The third-order valence-electron chi connectivity index (χ3n) is 4.36. The maximum absolute atomic E-state index is 12.2. The summed E-state index contributed by atoms with van der Waals surface area (Å²) in [6.45, 7) is 16.8. The molecule has 0 N–H and O–H groups in total. The van der Waals surface area contributed by atoms with Crippen LogP contribution >= 0.6 is 0 Å². The van der Waals surface area contributed by atoms with Crippen LogP contribution in [0.25, 0.3) is 0 Å². The van der Waals surface area contributed by atoms with E-state index < -0.39 is 26.1 Å². The van der Waals surface area contributed by atoms with Crippen molar-refractivity contribution in [1.29, 1.82) is 0 Å². The molecule has 1 unspecified atom stereocenters. The van der Waals surface area contributed by atoms with Crippen molar-refractivity contribution < 1.29 is 18.8 Å². The zero-order valence-corrected chi connectivity index (χ0v) is 16.2. The quantitative estimate of drug-likeness (QED) is 0.586. The smallest absolute Gasteiger partial charge is 0.410 e. The van der Waals surface area contributed by atoms with Crippen LogP contribution in [0.5, 0.6) is 0 Å². The number of ether oxygens (including phenoxy) is 1. The van der Waals surface area contributed by atoms with E-state index in [1.807, 2.05) is 20.8 Å². The first-order chi connectivity index (χ1) is 9.77. The molecule has 128 valence electrons. The molecule has 1 aliphatic rings. The number of hydrogen-bond acceptors (Lipinski definition) is 4. The largest absolute Gasteiger partial charge is 0.444 e. The second kappa shape index (κ2) is 6.32. The first kappa shape index (κ1) is 19.2. The maximum Gasteiger partial charge on any atom is 0.410 e. The molecule has 1 rings (SSSR count). The SMILES string of the molecule is CC(C)(C)OC(=O)N1CC(O[Si](C)(C)C(C)(C)C)C[C@@H]1C=O. The molecule has 1 aliphatic heterocycles. The topological polar surface area (TPSA) is 55.8 Å². The minimum atomic E-state index is -1.92. The van der Waals surface area contributed by atoms with Gasteiger partial charge in [-0.25, -0.2) is 4.79 Å². The number of nitrogens with zero attached hydrogens (tertiary/aromatic N) is 1. The van der Waals surface area contributed by atoms with Gasteiger partial charge in [-0.05, 0) is 38.9 Å². The molecule has 0 aromatic carbocycles. The minimum absolute atomic E-state index is 0.0939. The van der Waals surface area contributed by atoms with Gasteiger partial charge < -0.3 is 14.0 Å². The predicted octanol–water partition coefficient (Wildman–Crippen LogP) is 3.59. The van der Waals surface area contributed by atoms with Gasteiger partial charge in [-0.2, -0.15) is 0 Å². The molecule has 0 radical (unpaired) electrons. The summed E-state index contributed by atoms with van der Waals surface area (Å²) in [4.78, 5) is 25.0. The third kappa shape index (κ3) is 4.81. The average Bonchev–Trinajstić information content (AvgIpc) is 2.67. The molecule has 5 nitrogen and oxygen atoms in total. The molecule has 6 heteroatoms. The van der Waals surface area contributed by atoms with Crippen molar-refractivity contribution in [1.82, 2.24) is 4.90 Å². The number of amides is 1. The van der Waals surface area contributed by atoms with Gasteiger partial charge in [-0.15, -0.1) is 0 Å². The number of likely N-dealkylation sites (tertiary alicyclic amines) is 1. The Morgan fingerprint density at radius 2 is 1.73 bits per heavy atom. The van der Waals surface area contributed by atoms with Gasteiger partial charge in [0, 0.05) is 13.0 Å². The van der Waals surface area contributed by atoms with E-state index in [2.05, 4.69) is 33.9 Å². The van der Waals surface area contributed by atoms with E-state index in [0.717, 1.165) is 6.29 Å². The average molecular weight is 330 g/mol. The van der Waals surface area contributed by atoms with E-state index in [4.69, 9.17) is 9.16 Å². The van der Waals surface area contributed by atoms with E-state index in [0.29, 0.717) is 13.0 Å². The predicted molar refractivity (Wildman–Crippen MR) is 89.5 cm³/mol. The Morgan fingerprint density at radius 3 is 2.14 bits per heavy atom. The number of aldehydes is 1. The fourth-order valence-corrected chi connectivity index (χ4v) is 3.52. The summed E-state index contributed by atoms with van der Waals surface area (Å²) in [6, 6.07) is -0.454. The summed E-state index contributed by atoms with van der Waals surface area (Å²) in [5, 5.41) is 0.100. The second-order valence-electron chi connectivity index (χ2n) is 8.57. The highest BCUT2D eigenvalue weighted by Crippen LogP contribution is 2.38. The molecule has 1 saturated heterocycles. The van der Waals surface area contributed by atoms with Crippen LogP contribution in [-0.2, 0) is 14.0 Å². The van der Waals surface area contributed by atoms with Gasteiger partial charge in [0.2, 0.25) is 0 Å². The van der Waals surface area contributed by atoms with Gasteiger partial charge in [0.1, 0.15) is 11.9 Å². The first-order valence-corrected chi connectivity index (χ1v) is 10.8. The number of rotatable bonds is 3. The summed E-state index contributed by atoms with van der Waals surface area (Å²) >= 11 is 0. The van der Waals surface area contributed by atoms with Gasteiger partial charge in [0.25, 0.3) is 0 Å². The van der Waals surface area contributed by atoms with Gasteiger partial charge in [0.05, 0.1) is 12.1 Å². The normalized spacial score (nSPS) is 23.5. The van der Waals surface area contributed by atoms with Crippen molar-refractivity contribution in [3.63, 3.8) is 0 Å². The van der Waals surface area contributed by atoms with Crippen molar-refractivity contribution >= 4 is 20.7 Å². The van der Waals surface area contributed by atoms with Crippen molar-refractivity contribution in [2.45, 2.75) is 83.8 Å². The van der Waals surface area contributed by atoms with Crippen molar-refractivity contribution in [2.75, 3.05) is 6.54 Å². The molecule has 2 atom stereocenters. The van der Waals surface area contributed by atoms with Crippen LogP contribution in [0.15, 0.2) is 0 Å². The number of carbonyl (C=O) groups is 2. The van der Waals surface area contributed by atoms with Crippen molar-refractivity contribution in [3.05, 3.63) is 0 Å². The van der Waals surface area contributed by atoms with E-state index >= 15 is 0 Å². The molecule has 0 aliphatic carbocycles. The lowest BCUT2D eigenvalue weighted by Crippen LogP contribution is -2.45. The lowest BCUT2D eigenvalue weighted by Gasteiger charge is -2.38. The van der Waals surface area contributed by atoms with E-state index in [-0.39, 0.29) is 11.1 Å². The van der Waals surface area contributed by atoms with Crippen LogP contribution in [0.4, 0.5) is 4.79 Å². The molecular weight excluding hydrogens is 298 g/mol. The Morgan fingerprint density at radius 1 is 1.18 bits per heavy atom. The molecule has 22 heavy (non-hydrogen) atoms. The van der Waals surface area contributed by atoms with Crippen LogP contribution in [0.1, 0.15) is 48.0 Å². The Hall–Kier alpha value is -0.883. The zero-order valence-electron chi connectivity index (χ0n) is 15.2. The lowest BCUT2D eigenvalue weighted by molar-refractivity contribution is -0.111. The summed E-state index contributed by atoms with van der Waals surface area (Å²) in [5.41, 5.74) is -0.567. The molecule has 1 amide bonds. The maximum atomic E-state index is 12.2. The summed E-state index contributed by atoms with van der Waals surface area (Å²) in [5.74, 6) is 0. The Kier molecular flexibility index (Phi) is 5.50. The lowest BCUT2D eigenvalue weighted by atomic mass is 10.2. The molecule has 0 spiro atoms. The fraction of sp³-hybridized carbons (Fsp3) is 0.875. The fourth-order valence-electron chi connectivity index (χ4n) is 2.16. The van der Waals surface area contributed by atoms with Gasteiger partial charge in [-0.1, -0.05) is 20.8 Å². The third-order valence-corrected chi connectivity index (χ3v) is 8.89. The highest BCUT2D eigenvalue weighted by atomic mass is 28.4. The van der Waals surface area contributed by atoms with Gasteiger partial charge in [-0.3, -0.25) is 4.90 Å². The Balaban J connectivity index is 2.77. The monoisotopic (exact) mass is 329 g/mol.